The first-order valence-corrected chi connectivity index (χ1v) is 9.72. The minimum absolute atomic E-state index is 0.0273. The van der Waals surface area contributed by atoms with E-state index in [0.29, 0.717) is 35.8 Å². The molecule has 2 aromatic carbocycles. The summed E-state index contributed by atoms with van der Waals surface area (Å²) in [6.07, 6.45) is 1.17. The Labute approximate surface area is 169 Å². The molecule has 148 valence electrons. The molecule has 0 bridgehead atoms. The number of hydrogen-bond donors (Lipinski definition) is 1. The topological polar surface area (TPSA) is 52.7 Å². The molecule has 7 heteroatoms. The van der Waals surface area contributed by atoms with Crippen molar-refractivity contribution in [1.82, 2.24) is 9.80 Å². The van der Waals surface area contributed by atoms with Gasteiger partial charge >= 0.3 is 6.03 Å². The number of rotatable bonds is 6. The van der Waals surface area contributed by atoms with E-state index < -0.39 is 0 Å². The largest absolute Gasteiger partial charge is 0.322 e. The number of carbonyl (C=O) groups is 2. The lowest BCUT2D eigenvalue weighted by Crippen LogP contribution is -2.50. The zero-order chi connectivity index (χ0) is 19.9. The van der Waals surface area contributed by atoms with Crippen LogP contribution in [-0.2, 0) is 0 Å². The van der Waals surface area contributed by atoms with Gasteiger partial charge in [0.1, 0.15) is 5.82 Å². The maximum Gasteiger partial charge on any atom is 0.321 e. The van der Waals surface area contributed by atoms with Gasteiger partial charge in [-0.15, -0.1) is 0 Å². The highest BCUT2D eigenvalue weighted by Crippen LogP contribution is 2.16. The number of ketones is 1. The van der Waals surface area contributed by atoms with E-state index in [9.17, 15) is 14.0 Å². The Morgan fingerprint density at radius 2 is 1.75 bits per heavy atom. The molecule has 0 aromatic heterocycles. The van der Waals surface area contributed by atoms with Crippen molar-refractivity contribution in [3.63, 3.8) is 0 Å². The van der Waals surface area contributed by atoms with Crippen molar-refractivity contribution in [3.8, 4) is 0 Å². The minimum Gasteiger partial charge on any atom is -0.322 e. The molecule has 28 heavy (non-hydrogen) atoms. The molecule has 1 aliphatic heterocycles. The van der Waals surface area contributed by atoms with Crippen LogP contribution in [0.2, 0.25) is 5.02 Å². The van der Waals surface area contributed by atoms with Crippen LogP contribution in [0.15, 0.2) is 48.5 Å². The number of halogens is 2. The van der Waals surface area contributed by atoms with E-state index in [1.165, 1.54) is 24.3 Å². The molecular formula is C21H23ClFN3O2. The summed E-state index contributed by atoms with van der Waals surface area (Å²) >= 11 is 5.94. The lowest BCUT2D eigenvalue weighted by molar-refractivity contribution is 0.0969. The highest BCUT2D eigenvalue weighted by Gasteiger charge is 2.21. The normalized spacial score (nSPS) is 14.7. The second-order valence-corrected chi connectivity index (χ2v) is 7.24. The number of benzene rings is 2. The first-order chi connectivity index (χ1) is 13.5. The van der Waals surface area contributed by atoms with Gasteiger partial charge in [0.2, 0.25) is 0 Å². The summed E-state index contributed by atoms with van der Waals surface area (Å²) in [4.78, 5) is 28.5. The summed E-state index contributed by atoms with van der Waals surface area (Å²) in [5.41, 5.74) is 1.23. The molecule has 3 rings (SSSR count). The molecular weight excluding hydrogens is 381 g/mol. The fraction of sp³-hybridized carbons (Fsp3) is 0.333. The van der Waals surface area contributed by atoms with Crippen LogP contribution in [0.4, 0.5) is 14.9 Å². The second kappa shape index (κ2) is 9.66. The standard InChI is InChI=1S/C21H23ClFN3O2/c22-17-3-1-4-19(15-17)24-21(28)26-13-11-25(12-14-26)10-2-5-20(27)16-6-8-18(23)9-7-16/h1,3-4,6-9,15H,2,5,10-14H2,(H,24,28). The van der Waals surface area contributed by atoms with Crippen molar-refractivity contribution in [3.05, 3.63) is 64.9 Å². The van der Waals surface area contributed by atoms with Gasteiger partial charge in [0.15, 0.2) is 5.78 Å². The third-order valence-electron chi connectivity index (χ3n) is 4.78. The summed E-state index contributed by atoms with van der Waals surface area (Å²) in [7, 11) is 0. The Balaban J connectivity index is 1.37. The molecule has 1 fully saturated rings. The molecule has 1 aliphatic rings. The molecule has 2 aromatic rings. The van der Waals surface area contributed by atoms with E-state index in [2.05, 4.69) is 10.2 Å². The lowest BCUT2D eigenvalue weighted by atomic mass is 10.1. The van der Waals surface area contributed by atoms with Gasteiger partial charge in [-0.2, -0.15) is 0 Å². The van der Waals surface area contributed by atoms with E-state index in [1.807, 2.05) is 0 Å². The second-order valence-electron chi connectivity index (χ2n) is 6.80. The van der Waals surface area contributed by atoms with Crippen LogP contribution < -0.4 is 5.32 Å². The van der Waals surface area contributed by atoms with Crippen molar-refractivity contribution in [1.29, 1.82) is 0 Å². The van der Waals surface area contributed by atoms with Crippen LogP contribution in [0, 0.1) is 5.82 Å². The monoisotopic (exact) mass is 403 g/mol. The molecule has 0 radical (unpaired) electrons. The molecule has 0 unspecified atom stereocenters. The summed E-state index contributed by atoms with van der Waals surface area (Å²) in [6, 6.07) is 12.6. The smallest absolute Gasteiger partial charge is 0.321 e. The highest BCUT2D eigenvalue weighted by molar-refractivity contribution is 6.30. The predicted molar refractivity (Wildman–Crippen MR) is 108 cm³/mol. The molecule has 5 nitrogen and oxygen atoms in total. The predicted octanol–water partition coefficient (Wildman–Crippen LogP) is 4.29. The van der Waals surface area contributed by atoms with Gasteiger partial charge in [-0.1, -0.05) is 17.7 Å². The maximum atomic E-state index is 12.9. The van der Waals surface area contributed by atoms with Gasteiger partial charge < -0.3 is 10.2 Å². The first-order valence-electron chi connectivity index (χ1n) is 9.34. The van der Waals surface area contributed by atoms with Gasteiger partial charge in [0.25, 0.3) is 0 Å². The van der Waals surface area contributed by atoms with E-state index in [4.69, 9.17) is 11.6 Å². The van der Waals surface area contributed by atoms with Crippen LogP contribution in [0.5, 0.6) is 0 Å². The number of urea groups is 1. The fourth-order valence-corrected chi connectivity index (χ4v) is 3.38. The molecule has 1 heterocycles. The van der Waals surface area contributed by atoms with Crippen LogP contribution in [0.3, 0.4) is 0 Å². The third-order valence-corrected chi connectivity index (χ3v) is 5.01. The Hall–Kier alpha value is -2.44. The SMILES string of the molecule is O=C(CCCN1CCN(C(=O)Nc2cccc(Cl)c2)CC1)c1ccc(F)cc1. The van der Waals surface area contributed by atoms with Crippen LogP contribution in [-0.4, -0.2) is 54.3 Å². The highest BCUT2D eigenvalue weighted by atomic mass is 35.5. The van der Waals surface area contributed by atoms with Crippen LogP contribution >= 0.6 is 11.6 Å². The molecule has 0 spiro atoms. The summed E-state index contributed by atoms with van der Waals surface area (Å²) < 4.78 is 12.9. The summed E-state index contributed by atoms with van der Waals surface area (Å²) in [6.45, 7) is 3.62. The number of Topliss-reactive ketones (excluding diaryl/α,β-unsaturated/α-hetero) is 1. The summed E-state index contributed by atoms with van der Waals surface area (Å²) in [5.74, 6) is -0.312. The minimum atomic E-state index is -0.339. The van der Waals surface area contributed by atoms with Gasteiger partial charge in [-0.05, 0) is 55.4 Å². The summed E-state index contributed by atoms with van der Waals surface area (Å²) in [5, 5.41) is 3.44. The third kappa shape index (κ3) is 5.78. The molecule has 0 aliphatic carbocycles. The van der Waals surface area contributed by atoms with Crippen LogP contribution in [0.25, 0.3) is 0 Å². The van der Waals surface area contributed by atoms with Crippen molar-refractivity contribution in [2.45, 2.75) is 12.8 Å². The number of anilines is 1. The molecule has 2 amide bonds. The average molecular weight is 404 g/mol. The molecule has 0 saturated carbocycles. The van der Waals surface area contributed by atoms with Gasteiger partial charge in [-0.3, -0.25) is 9.69 Å². The first kappa shape index (κ1) is 20.3. The van der Waals surface area contributed by atoms with Gasteiger partial charge in [0.05, 0.1) is 0 Å². The number of nitrogens with zero attached hydrogens (tertiary/aromatic N) is 2. The van der Waals surface area contributed by atoms with Crippen molar-refractivity contribution in [2.24, 2.45) is 0 Å². The number of carbonyl (C=O) groups excluding carboxylic acids is 2. The average Bonchev–Trinajstić information content (AvgIpc) is 2.69. The molecule has 1 saturated heterocycles. The van der Waals surface area contributed by atoms with Gasteiger partial charge in [0, 0.05) is 48.9 Å². The zero-order valence-electron chi connectivity index (χ0n) is 15.5. The van der Waals surface area contributed by atoms with E-state index >= 15 is 0 Å². The van der Waals surface area contributed by atoms with Gasteiger partial charge in [-0.25, -0.2) is 9.18 Å². The van der Waals surface area contributed by atoms with E-state index in [1.54, 1.807) is 29.2 Å². The van der Waals surface area contributed by atoms with Crippen molar-refractivity contribution in [2.75, 3.05) is 38.0 Å². The molecule has 0 atom stereocenters. The van der Waals surface area contributed by atoms with Crippen LogP contribution in [0.1, 0.15) is 23.2 Å². The van der Waals surface area contributed by atoms with E-state index in [-0.39, 0.29) is 17.6 Å². The van der Waals surface area contributed by atoms with Crippen molar-refractivity contribution >= 4 is 29.1 Å². The number of nitrogens with one attached hydrogen (secondary N) is 1. The Kier molecular flexibility index (Phi) is 7.01. The van der Waals surface area contributed by atoms with Crippen molar-refractivity contribution < 1.29 is 14.0 Å². The lowest BCUT2D eigenvalue weighted by Gasteiger charge is -2.34. The number of piperazine rings is 1. The molecule has 1 N–H and O–H groups in total. The fourth-order valence-electron chi connectivity index (χ4n) is 3.19. The Morgan fingerprint density at radius 3 is 2.43 bits per heavy atom. The van der Waals surface area contributed by atoms with E-state index in [0.717, 1.165) is 26.1 Å². The Bertz CT molecular complexity index is 821. The number of hydrogen-bond acceptors (Lipinski definition) is 3. The Morgan fingerprint density at radius 1 is 1.04 bits per heavy atom. The maximum absolute atomic E-state index is 12.9. The number of amides is 2. The quantitative estimate of drug-likeness (QED) is 0.732. The zero-order valence-corrected chi connectivity index (χ0v) is 16.3.